The van der Waals surface area contributed by atoms with Gasteiger partial charge in [0.05, 0.1) is 40.3 Å². The monoisotopic (exact) mass is 994 g/mol. The second-order valence-electron chi connectivity index (χ2n) is 20.2. The molecule has 0 aromatic rings. The minimum absolute atomic E-state index is 0.147. The van der Waals surface area contributed by atoms with Crippen molar-refractivity contribution in [2.45, 2.75) is 245 Å². The summed E-state index contributed by atoms with van der Waals surface area (Å²) in [5, 5.41) is 11.7. The lowest BCUT2D eigenvalue weighted by molar-refractivity contribution is -0.870. The van der Waals surface area contributed by atoms with Gasteiger partial charge < -0.3 is 33.3 Å². The molecule has 0 aliphatic rings. The summed E-state index contributed by atoms with van der Waals surface area (Å²) in [6.45, 7) is 4.61. The summed E-state index contributed by atoms with van der Waals surface area (Å²) in [5.74, 6) is -2.28. The number of quaternary nitrogens is 1. The Morgan fingerprint density at radius 2 is 0.803 bits per heavy atom. The molecule has 0 bridgehead atoms. The molecular formula is C62H107NO8. The van der Waals surface area contributed by atoms with E-state index in [4.69, 9.17) is 18.9 Å². The summed E-state index contributed by atoms with van der Waals surface area (Å²) in [7, 11) is 5.91. The van der Waals surface area contributed by atoms with Crippen LogP contribution in [0.1, 0.15) is 232 Å². The topological polar surface area (TPSA) is 111 Å². The van der Waals surface area contributed by atoms with E-state index in [0.29, 0.717) is 23.9 Å². The van der Waals surface area contributed by atoms with Crippen molar-refractivity contribution in [1.29, 1.82) is 0 Å². The van der Waals surface area contributed by atoms with Gasteiger partial charge in [0, 0.05) is 12.8 Å². The summed E-state index contributed by atoms with van der Waals surface area (Å²) in [4.78, 5) is 37.0. The Hall–Kier alpha value is -3.53. The van der Waals surface area contributed by atoms with Gasteiger partial charge >= 0.3 is 11.9 Å². The molecule has 0 amide bonds. The molecule has 2 unspecified atom stereocenters. The van der Waals surface area contributed by atoms with E-state index in [1.165, 1.54) is 116 Å². The average Bonchev–Trinajstić information content (AvgIpc) is 3.34. The first-order chi connectivity index (χ1) is 34.6. The minimum Gasteiger partial charge on any atom is -0.545 e. The van der Waals surface area contributed by atoms with Crippen LogP contribution in [-0.4, -0.2) is 82.3 Å². The first-order valence-corrected chi connectivity index (χ1v) is 28.7. The zero-order chi connectivity index (χ0) is 52.0. The Morgan fingerprint density at radius 1 is 0.437 bits per heavy atom. The second kappa shape index (κ2) is 52.8. The molecule has 71 heavy (non-hydrogen) atoms. The number of likely N-dealkylation sites (N-methyl/N-ethyl adjacent to an activating group) is 1. The van der Waals surface area contributed by atoms with Crippen molar-refractivity contribution >= 4 is 17.9 Å². The van der Waals surface area contributed by atoms with E-state index in [-0.39, 0.29) is 32.2 Å². The second-order valence-corrected chi connectivity index (χ2v) is 20.2. The third kappa shape index (κ3) is 54.1. The summed E-state index contributed by atoms with van der Waals surface area (Å²) in [6.07, 6.45) is 66.6. The predicted molar refractivity (Wildman–Crippen MR) is 297 cm³/mol. The number of aliphatic carboxylic acids is 1. The van der Waals surface area contributed by atoms with Gasteiger partial charge in [0.1, 0.15) is 13.2 Å². The number of carboxylic acid groups (broad SMARTS) is 1. The maximum absolute atomic E-state index is 12.8. The number of carbonyl (C=O) groups excluding carboxylic acids is 3. The highest BCUT2D eigenvalue weighted by molar-refractivity contribution is 5.70. The van der Waals surface area contributed by atoms with E-state index >= 15 is 0 Å². The van der Waals surface area contributed by atoms with Gasteiger partial charge in [0.2, 0.25) is 0 Å². The van der Waals surface area contributed by atoms with Crippen LogP contribution in [0.4, 0.5) is 0 Å². The number of ether oxygens (including phenoxy) is 4. The van der Waals surface area contributed by atoms with E-state index in [1.807, 2.05) is 21.1 Å². The molecule has 408 valence electrons. The summed E-state index contributed by atoms with van der Waals surface area (Å²) < 4.78 is 22.6. The first kappa shape index (κ1) is 67.5. The van der Waals surface area contributed by atoms with Crippen molar-refractivity contribution in [2.75, 3.05) is 47.5 Å². The molecule has 0 aromatic heterocycles. The van der Waals surface area contributed by atoms with Crippen LogP contribution in [0.15, 0.2) is 85.1 Å². The van der Waals surface area contributed by atoms with Gasteiger partial charge in [-0.15, -0.1) is 0 Å². The molecule has 0 saturated carbocycles. The quantitative estimate of drug-likeness (QED) is 0.0195. The molecule has 9 nitrogen and oxygen atoms in total. The Labute approximate surface area is 436 Å². The van der Waals surface area contributed by atoms with Crippen molar-refractivity contribution < 1.29 is 42.9 Å². The molecule has 0 saturated heterocycles. The van der Waals surface area contributed by atoms with Crippen LogP contribution in [0.25, 0.3) is 0 Å². The van der Waals surface area contributed by atoms with Crippen LogP contribution in [0.2, 0.25) is 0 Å². The third-order valence-corrected chi connectivity index (χ3v) is 12.2. The van der Waals surface area contributed by atoms with Gasteiger partial charge in [-0.1, -0.05) is 234 Å². The fourth-order valence-corrected chi connectivity index (χ4v) is 7.75. The number of nitrogens with zero attached hydrogens (tertiary/aromatic N) is 1. The Morgan fingerprint density at radius 3 is 1.20 bits per heavy atom. The van der Waals surface area contributed by atoms with Crippen molar-refractivity contribution in [1.82, 2.24) is 0 Å². The predicted octanol–water partition coefficient (Wildman–Crippen LogP) is 15.5. The summed E-state index contributed by atoms with van der Waals surface area (Å²) in [5.41, 5.74) is 0. The number of rotatable bonds is 52. The molecule has 2 atom stereocenters. The number of hydrogen-bond acceptors (Lipinski definition) is 8. The fourth-order valence-electron chi connectivity index (χ4n) is 7.75. The number of carboxylic acids is 1. The van der Waals surface area contributed by atoms with Crippen LogP contribution in [0, 0.1) is 0 Å². The molecule has 0 radical (unpaired) electrons. The van der Waals surface area contributed by atoms with Gasteiger partial charge in [-0.25, -0.2) is 0 Å². The summed E-state index contributed by atoms with van der Waals surface area (Å²) in [6, 6.07) is 0. The van der Waals surface area contributed by atoms with Gasteiger partial charge in [-0.3, -0.25) is 9.59 Å². The highest BCUT2D eigenvalue weighted by atomic mass is 16.7. The van der Waals surface area contributed by atoms with Crippen molar-refractivity contribution in [2.24, 2.45) is 0 Å². The highest BCUT2D eigenvalue weighted by Gasteiger charge is 2.22. The number of esters is 2. The van der Waals surface area contributed by atoms with Crippen LogP contribution < -0.4 is 5.11 Å². The smallest absolute Gasteiger partial charge is 0.306 e. The van der Waals surface area contributed by atoms with E-state index < -0.39 is 24.3 Å². The molecule has 0 heterocycles. The van der Waals surface area contributed by atoms with E-state index in [0.717, 1.165) is 83.5 Å². The third-order valence-electron chi connectivity index (χ3n) is 12.2. The van der Waals surface area contributed by atoms with Crippen molar-refractivity contribution in [3.63, 3.8) is 0 Å². The molecule has 0 rings (SSSR count). The number of hydrogen-bond donors (Lipinski definition) is 0. The van der Waals surface area contributed by atoms with Gasteiger partial charge in [0.15, 0.2) is 12.4 Å². The highest BCUT2D eigenvalue weighted by Crippen LogP contribution is 2.16. The lowest BCUT2D eigenvalue weighted by atomic mass is 10.0. The van der Waals surface area contributed by atoms with Gasteiger partial charge in [-0.2, -0.15) is 0 Å². The number of unbranched alkanes of at least 4 members (excludes halogenated alkanes) is 23. The van der Waals surface area contributed by atoms with E-state index in [9.17, 15) is 19.5 Å². The number of allylic oxidation sites excluding steroid dienone is 14. The molecular weight excluding hydrogens is 887 g/mol. The van der Waals surface area contributed by atoms with Gasteiger partial charge in [-0.05, 0) is 70.6 Å². The standard InChI is InChI=1S/C62H107NO8/c1-6-8-10-12-14-16-17-18-19-20-21-22-23-24-25-26-27-28-29-30-31-32-33-34-35-36-37-38-39-40-41-42-43-45-47-49-51-53-60(65)71-58(57-70-62(61(66)67)68-55-54-63(3,4)5)56-69-59(64)52-50-48-46-44-15-13-11-9-7-2/h8,10,14,16,18-19,21-22,24-25,27-28,30-31,58,62H,6-7,9,11-13,15,17,20,23,26,29,32-57H2,1-5H3/b10-8-,16-14-,19-18-,22-21-,25-24-,28-27-,31-30-. The van der Waals surface area contributed by atoms with Crippen LogP contribution in [-0.2, 0) is 33.3 Å². The van der Waals surface area contributed by atoms with Crippen LogP contribution in [0.5, 0.6) is 0 Å². The number of carbonyl (C=O) groups is 3. The Kier molecular flexibility index (Phi) is 50.2. The molecule has 0 aromatic carbocycles. The Balaban J connectivity index is 4.02. The average molecular weight is 995 g/mol. The lowest BCUT2D eigenvalue weighted by Gasteiger charge is -2.26. The lowest BCUT2D eigenvalue weighted by Crippen LogP contribution is -2.44. The molecule has 0 N–H and O–H groups in total. The largest absolute Gasteiger partial charge is 0.545 e. The SMILES string of the molecule is CC/C=C\C/C=C\C/C=C\C/C=C\C/C=C\C/C=C\C/C=C\CCCCCCCCCCCCCCCCCC(=O)OC(COC(=O)CCCCCCCCCCC)COC(OCC[N+](C)(C)C)C(=O)[O-]. The van der Waals surface area contributed by atoms with Crippen LogP contribution >= 0.6 is 0 Å². The van der Waals surface area contributed by atoms with E-state index in [1.54, 1.807) is 0 Å². The molecule has 0 aliphatic heterocycles. The fraction of sp³-hybridized carbons (Fsp3) is 0.726. The van der Waals surface area contributed by atoms with Gasteiger partial charge in [0.25, 0.3) is 0 Å². The minimum atomic E-state index is -1.62. The maximum atomic E-state index is 12.8. The molecule has 9 heteroatoms. The zero-order valence-corrected chi connectivity index (χ0v) is 46.3. The Bertz CT molecular complexity index is 1440. The van der Waals surface area contributed by atoms with Crippen molar-refractivity contribution in [3.05, 3.63) is 85.1 Å². The molecule has 0 aliphatic carbocycles. The van der Waals surface area contributed by atoms with Crippen molar-refractivity contribution in [3.8, 4) is 0 Å². The molecule has 0 spiro atoms. The first-order valence-electron chi connectivity index (χ1n) is 28.7. The molecule has 0 fully saturated rings. The van der Waals surface area contributed by atoms with E-state index in [2.05, 4.69) is 98.9 Å². The summed E-state index contributed by atoms with van der Waals surface area (Å²) >= 11 is 0. The maximum Gasteiger partial charge on any atom is 0.306 e. The van der Waals surface area contributed by atoms with Crippen LogP contribution in [0.3, 0.4) is 0 Å². The zero-order valence-electron chi connectivity index (χ0n) is 46.3. The normalized spacial score (nSPS) is 13.4.